The lowest BCUT2D eigenvalue weighted by Gasteiger charge is -2.25. The van der Waals surface area contributed by atoms with Crippen LogP contribution in [0.5, 0.6) is 5.75 Å². The van der Waals surface area contributed by atoms with Crippen molar-refractivity contribution in [1.82, 2.24) is 25.2 Å². The molecular weight excluding hydrogens is 398 g/mol. The van der Waals surface area contributed by atoms with E-state index in [0.717, 1.165) is 29.4 Å². The fourth-order valence-electron chi connectivity index (χ4n) is 4.33. The molecule has 0 spiro atoms. The lowest BCUT2D eigenvalue weighted by Crippen LogP contribution is -2.12. The lowest BCUT2D eigenvalue weighted by molar-refractivity contribution is 0.301. The monoisotopic (exact) mass is 425 g/mol. The molecule has 1 saturated carbocycles. The molecule has 0 saturated heterocycles. The zero-order chi connectivity index (χ0) is 22.0. The van der Waals surface area contributed by atoms with E-state index in [0.29, 0.717) is 17.9 Å². The van der Waals surface area contributed by atoms with Gasteiger partial charge in [0.05, 0.1) is 5.69 Å². The molecule has 2 heterocycles. The summed E-state index contributed by atoms with van der Waals surface area (Å²) in [4.78, 5) is 4.32. The summed E-state index contributed by atoms with van der Waals surface area (Å²) in [6.45, 7) is 5.65. The Balaban J connectivity index is 1.36. The van der Waals surface area contributed by atoms with E-state index in [-0.39, 0.29) is 0 Å². The van der Waals surface area contributed by atoms with Crippen LogP contribution in [0.25, 0.3) is 11.4 Å². The standard InChI is InChI=1S/C26H27N5O/c1-3-31-25(28-29-30-31)21-9-7-19(8-10-21)24(26(2)15-16-26)20-11-13-23(14-12-20)32-18-22-6-4-5-17-27-22/h4-14,17,24H,3,15-16,18H2,1-2H3. The molecule has 1 unspecified atom stereocenters. The van der Waals surface area contributed by atoms with Gasteiger partial charge in [-0.3, -0.25) is 4.98 Å². The van der Waals surface area contributed by atoms with E-state index < -0.39 is 0 Å². The smallest absolute Gasteiger partial charge is 0.181 e. The predicted molar refractivity (Wildman–Crippen MR) is 123 cm³/mol. The first-order valence-electron chi connectivity index (χ1n) is 11.2. The number of benzene rings is 2. The van der Waals surface area contributed by atoms with Crippen LogP contribution in [0.2, 0.25) is 0 Å². The van der Waals surface area contributed by atoms with Gasteiger partial charge in [0.25, 0.3) is 0 Å². The van der Waals surface area contributed by atoms with Crippen molar-refractivity contribution >= 4 is 0 Å². The maximum absolute atomic E-state index is 5.93. The van der Waals surface area contributed by atoms with E-state index in [2.05, 4.69) is 76.0 Å². The molecule has 2 aromatic carbocycles. The van der Waals surface area contributed by atoms with Crippen molar-refractivity contribution < 1.29 is 4.74 Å². The third-order valence-electron chi connectivity index (χ3n) is 6.40. The molecule has 0 aliphatic heterocycles. The number of nitrogens with zero attached hydrogens (tertiary/aromatic N) is 5. The molecule has 0 bridgehead atoms. The molecule has 32 heavy (non-hydrogen) atoms. The molecule has 0 N–H and O–H groups in total. The average Bonchev–Trinajstić information content (AvgIpc) is 3.39. The number of rotatable bonds is 8. The highest BCUT2D eigenvalue weighted by molar-refractivity contribution is 5.56. The van der Waals surface area contributed by atoms with E-state index in [1.54, 1.807) is 6.20 Å². The van der Waals surface area contributed by atoms with Gasteiger partial charge in [-0.25, -0.2) is 4.68 Å². The topological polar surface area (TPSA) is 65.7 Å². The highest BCUT2D eigenvalue weighted by atomic mass is 16.5. The summed E-state index contributed by atoms with van der Waals surface area (Å²) in [6, 6.07) is 23.1. The van der Waals surface area contributed by atoms with Gasteiger partial charge < -0.3 is 4.74 Å². The molecule has 6 heteroatoms. The van der Waals surface area contributed by atoms with Gasteiger partial charge in [-0.1, -0.05) is 49.4 Å². The minimum absolute atomic E-state index is 0.294. The Labute approximate surface area is 188 Å². The summed E-state index contributed by atoms with van der Waals surface area (Å²) in [5.41, 5.74) is 4.91. The van der Waals surface area contributed by atoms with Gasteiger partial charge in [0.15, 0.2) is 5.82 Å². The van der Waals surface area contributed by atoms with Gasteiger partial charge in [-0.15, -0.1) is 5.10 Å². The Morgan fingerprint density at radius 2 is 1.69 bits per heavy atom. The Kier molecular flexibility index (Phi) is 5.43. The quantitative estimate of drug-likeness (QED) is 0.385. The summed E-state index contributed by atoms with van der Waals surface area (Å²) in [5, 5.41) is 12.0. The Morgan fingerprint density at radius 1 is 0.969 bits per heavy atom. The molecule has 2 aromatic heterocycles. The summed E-state index contributed by atoms with van der Waals surface area (Å²) in [6.07, 6.45) is 4.27. The Hall–Kier alpha value is -3.54. The first-order valence-corrected chi connectivity index (χ1v) is 11.2. The van der Waals surface area contributed by atoms with Crippen molar-refractivity contribution in [2.45, 2.75) is 45.8 Å². The van der Waals surface area contributed by atoms with Crippen molar-refractivity contribution in [3.05, 3.63) is 89.7 Å². The van der Waals surface area contributed by atoms with E-state index in [9.17, 15) is 0 Å². The first-order chi connectivity index (χ1) is 15.7. The van der Waals surface area contributed by atoms with Crippen LogP contribution in [0.3, 0.4) is 0 Å². The number of tetrazole rings is 1. The minimum atomic E-state index is 0.294. The molecule has 0 amide bonds. The van der Waals surface area contributed by atoms with E-state index in [1.165, 1.54) is 24.0 Å². The summed E-state index contributed by atoms with van der Waals surface area (Å²) >= 11 is 0. The fourth-order valence-corrected chi connectivity index (χ4v) is 4.33. The molecule has 1 fully saturated rings. The molecule has 4 aromatic rings. The normalized spacial score (nSPS) is 15.3. The van der Waals surface area contributed by atoms with Crippen LogP contribution in [0, 0.1) is 5.41 Å². The van der Waals surface area contributed by atoms with E-state index >= 15 is 0 Å². The average molecular weight is 426 g/mol. The third kappa shape index (κ3) is 4.13. The van der Waals surface area contributed by atoms with E-state index in [4.69, 9.17) is 4.74 Å². The highest BCUT2D eigenvalue weighted by Crippen LogP contribution is 2.58. The van der Waals surface area contributed by atoms with Gasteiger partial charge in [-0.05, 0) is 71.0 Å². The van der Waals surface area contributed by atoms with Gasteiger partial charge in [-0.2, -0.15) is 0 Å². The van der Waals surface area contributed by atoms with Crippen LogP contribution in [0.4, 0.5) is 0 Å². The second kappa shape index (κ2) is 8.54. The van der Waals surface area contributed by atoms with Crippen LogP contribution in [0.1, 0.15) is 49.4 Å². The van der Waals surface area contributed by atoms with Crippen molar-refractivity contribution in [3.63, 3.8) is 0 Å². The van der Waals surface area contributed by atoms with Crippen LogP contribution in [-0.2, 0) is 13.2 Å². The predicted octanol–water partition coefficient (Wildman–Crippen LogP) is 5.27. The van der Waals surface area contributed by atoms with Crippen molar-refractivity contribution in [1.29, 1.82) is 0 Å². The molecule has 1 atom stereocenters. The molecule has 0 radical (unpaired) electrons. The number of hydrogen-bond donors (Lipinski definition) is 0. The van der Waals surface area contributed by atoms with E-state index in [1.807, 2.05) is 29.8 Å². The number of ether oxygens (including phenoxy) is 1. The van der Waals surface area contributed by atoms with Crippen LogP contribution < -0.4 is 4.74 Å². The van der Waals surface area contributed by atoms with Crippen LogP contribution in [-0.4, -0.2) is 25.2 Å². The maximum Gasteiger partial charge on any atom is 0.181 e. The van der Waals surface area contributed by atoms with Crippen molar-refractivity contribution in [2.24, 2.45) is 5.41 Å². The lowest BCUT2D eigenvalue weighted by atomic mass is 9.79. The molecule has 162 valence electrons. The van der Waals surface area contributed by atoms with Crippen molar-refractivity contribution in [3.8, 4) is 17.1 Å². The second-order valence-electron chi connectivity index (χ2n) is 8.71. The summed E-state index contributed by atoms with van der Waals surface area (Å²) in [7, 11) is 0. The zero-order valence-electron chi connectivity index (χ0n) is 18.5. The molecule has 6 nitrogen and oxygen atoms in total. The number of pyridine rings is 1. The van der Waals surface area contributed by atoms with Gasteiger partial charge in [0.2, 0.25) is 0 Å². The molecule has 1 aliphatic carbocycles. The highest BCUT2D eigenvalue weighted by Gasteiger charge is 2.46. The first kappa shape index (κ1) is 20.4. The fraction of sp³-hybridized carbons (Fsp3) is 0.308. The number of aryl methyl sites for hydroxylation is 1. The molecule has 1 aliphatic rings. The largest absolute Gasteiger partial charge is 0.487 e. The van der Waals surface area contributed by atoms with Gasteiger partial charge >= 0.3 is 0 Å². The summed E-state index contributed by atoms with van der Waals surface area (Å²) < 4.78 is 7.75. The third-order valence-corrected chi connectivity index (χ3v) is 6.40. The maximum atomic E-state index is 5.93. The number of hydrogen-bond acceptors (Lipinski definition) is 5. The summed E-state index contributed by atoms with van der Waals surface area (Å²) in [5.74, 6) is 2.02. The van der Waals surface area contributed by atoms with Crippen LogP contribution >= 0.6 is 0 Å². The minimum Gasteiger partial charge on any atom is -0.487 e. The zero-order valence-corrected chi connectivity index (χ0v) is 18.5. The van der Waals surface area contributed by atoms with Crippen molar-refractivity contribution in [2.75, 3.05) is 0 Å². The van der Waals surface area contributed by atoms with Gasteiger partial charge in [0, 0.05) is 24.2 Å². The Bertz CT molecular complexity index is 1170. The number of aromatic nitrogens is 5. The Morgan fingerprint density at radius 3 is 2.31 bits per heavy atom. The van der Waals surface area contributed by atoms with Gasteiger partial charge in [0.1, 0.15) is 12.4 Å². The molecular formula is C26H27N5O. The SMILES string of the molecule is CCn1nnnc1-c1ccc(C(c2ccc(OCc3ccccn3)cc2)C2(C)CC2)cc1. The molecule has 5 rings (SSSR count). The van der Waals surface area contributed by atoms with Crippen LogP contribution in [0.15, 0.2) is 72.9 Å². The second-order valence-corrected chi connectivity index (χ2v) is 8.71.